The first kappa shape index (κ1) is 20.9. The van der Waals surface area contributed by atoms with Crippen molar-refractivity contribution in [3.05, 3.63) is 34.6 Å². The molecule has 7 nitrogen and oxygen atoms in total. The summed E-state index contributed by atoms with van der Waals surface area (Å²) in [4.78, 5) is 26.4. The molecule has 152 valence electrons. The Morgan fingerprint density at radius 1 is 1.04 bits per heavy atom. The first-order valence-corrected chi connectivity index (χ1v) is 9.32. The maximum absolute atomic E-state index is 13.3. The number of alkyl halides is 2. The highest BCUT2D eigenvalue weighted by atomic mass is 35.5. The van der Waals surface area contributed by atoms with E-state index in [1.54, 1.807) is 13.8 Å². The first-order chi connectivity index (χ1) is 13.2. The van der Waals surface area contributed by atoms with Gasteiger partial charge < -0.3 is 23.7 Å². The SMILES string of the molecule is COCOc1cc(OCOC)c2c(c1)C(=O)C1=C(C2=O)[C@@H](Cl)[C@H](Cl)C(C)(C)O1. The molecule has 1 heterocycles. The maximum atomic E-state index is 13.3. The summed E-state index contributed by atoms with van der Waals surface area (Å²) in [6.45, 7) is 3.25. The Morgan fingerprint density at radius 2 is 1.68 bits per heavy atom. The molecule has 1 aromatic carbocycles. The molecule has 3 rings (SSSR count). The number of Topliss-reactive ketones (excluding diaryl/α,β-unsaturated/α-hetero) is 2. The second kappa shape index (κ2) is 7.91. The van der Waals surface area contributed by atoms with Crippen molar-refractivity contribution in [1.82, 2.24) is 0 Å². The second-order valence-corrected chi connectivity index (χ2v) is 7.80. The molecule has 0 aromatic heterocycles. The quantitative estimate of drug-likeness (QED) is 0.505. The number of carbonyl (C=O) groups excluding carboxylic acids is 2. The fraction of sp³-hybridized carbons (Fsp3) is 0.474. The van der Waals surface area contributed by atoms with Gasteiger partial charge >= 0.3 is 0 Å². The van der Waals surface area contributed by atoms with Crippen molar-refractivity contribution in [2.24, 2.45) is 0 Å². The van der Waals surface area contributed by atoms with E-state index in [1.165, 1.54) is 26.4 Å². The van der Waals surface area contributed by atoms with Crippen LogP contribution in [-0.2, 0) is 14.2 Å². The topological polar surface area (TPSA) is 80.3 Å². The minimum atomic E-state index is -0.931. The highest BCUT2D eigenvalue weighted by molar-refractivity contribution is 6.38. The summed E-state index contributed by atoms with van der Waals surface area (Å²) in [6, 6.07) is 2.94. The van der Waals surface area contributed by atoms with E-state index in [0.29, 0.717) is 5.75 Å². The molecule has 0 radical (unpaired) electrons. The number of hydrogen-bond acceptors (Lipinski definition) is 7. The zero-order valence-corrected chi connectivity index (χ0v) is 17.3. The van der Waals surface area contributed by atoms with Gasteiger partial charge in [-0.15, -0.1) is 23.2 Å². The smallest absolute Gasteiger partial charge is 0.229 e. The number of ether oxygens (including phenoxy) is 5. The van der Waals surface area contributed by atoms with Crippen LogP contribution in [0.25, 0.3) is 0 Å². The van der Waals surface area contributed by atoms with Crippen molar-refractivity contribution >= 4 is 34.8 Å². The molecule has 1 aliphatic carbocycles. The molecule has 1 aliphatic heterocycles. The van der Waals surface area contributed by atoms with Gasteiger partial charge in [0.2, 0.25) is 5.78 Å². The Morgan fingerprint density at radius 3 is 2.32 bits per heavy atom. The van der Waals surface area contributed by atoms with Gasteiger partial charge in [0.25, 0.3) is 0 Å². The van der Waals surface area contributed by atoms with Crippen LogP contribution in [0.1, 0.15) is 34.6 Å². The van der Waals surface area contributed by atoms with Gasteiger partial charge in [0, 0.05) is 25.8 Å². The second-order valence-electron chi connectivity index (χ2n) is 6.86. The van der Waals surface area contributed by atoms with Gasteiger partial charge in [-0.2, -0.15) is 0 Å². The molecule has 0 bridgehead atoms. The highest BCUT2D eigenvalue weighted by Gasteiger charge is 2.50. The third-order valence-electron chi connectivity index (χ3n) is 4.48. The summed E-state index contributed by atoms with van der Waals surface area (Å²) in [6.07, 6.45) is 0. The number of halogens is 2. The minimum Gasteiger partial charge on any atom is -0.482 e. The molecule has 9 heteroatoms. The Kier molecular flexibility index (Phi) is 5.91. The summed E-state index contributed by atoms with van der Waals surface area (Å²) in [5.41, 5.74) is -0.731. The molecule has 0 fully saturated rings. The van der Waals surface area contributed by atoms with Gasteiger partial charge in [0.05, 0.1) is 21.9 Å². The molecule has 0 spiro atoms. The molecule has 0 unspecified atom stereocenters. The number of methoxy groups -OCH3 is 2. The Balaban J connectivity index is 2.15. The lowest BCUT2D eigenvalue weighted by Gasteiger charge is -2.41. The normalized spacial score (nSPS) is 23.1. The molecule has 0 N–H and O–H groups in total. The van der Waals surface area contributed by atoms with Crippen LogP contribution in [-0.4, -0.2) is 55.7 Å². The van der Waals surface area contributed by atoms with Crippen molar-refractivity contribution in [1.29, 1.82) is 0 Å². The van der Waals surface area contributed by atoms with Crippen LogP contribution >= 0.6 is 23.2 Å². The van der Waals surface area contributed by atoms with E-state index >= 15 is 0 Å². The Labute approximate surface area is 172 Å². The van der Waals surface area contributed by atoms with Crippen LogP contribution in [0, 0.1) is 0 Å². The zero-order valence-electron chi connectivity index (χ0n) is 15.8. The number of rotatable bonds is 6. The summed E-state index contributed by atoms with van der Waals surface area (Å²) in [5, 5.41) is -1.61. The lowest BCUT2D eigenvalue weighted by molar-refractivity contribution is 0.0141. The van der Waals surface area contributed by atoms with Crippen molar-refractivity contribution in [2.75, 3.05) is 27.8 Å². The third-order valence-corrected chi connectivity index (χ3v) is 5.86. The molecular weight excluding hydrogens is 411 g/mol. The molecule has 0 saturated heterocycles. The summed E-state index contributed by atoms with van der Waals surface area (Å²) in [5.74, 6) is -0.632. The van der Waals surface area contributed by atoms with E-state index < -0.39 is 27.9 Å². The lowest BCUT2D eigenvalue weighted by atomic mass is 9.81. The van der Waals surface area contributed by atoms with Crippen LogP contribution < -0.4 is 9.47 Å². The van der Waals surface area contributed by atoms with Crippen LogP contribution in [0.4, 0.5) is 0 Å². The number of fused-ring (bicyclic) bond motifs is 1. The maximum Gasteiger partial charge on any atom is 0.229 e. The van der Waals surface area contributed by atoms with Crippen molar-refractivity contribution in [3.63, 3.8) is 0 Å². The van der Waals surface area contributed by atoms with E-state index in [0.717, 1.165) is 0 Å². The van der Waals surface area contributed by atoms with E-state index in [1.807, 2.05) is 0 Å². The predicted molar refractivity (Wildman–Crippen MR) is 102 cm³/mol. The fourth-order valence-electron chi connectivity index (χ4n) is 3.10. The lowest BCUT2D eigenvalue weighted by Crippen LogP contribution is -2.49. The van der Waals surface area contributed by atoms with E-state index in [4.69, 9.17) is 46.9 Å². The number of allylic oxidation sites excluding steroid dienone is 2. The standard InChI is InChI=1S/C19H20Cl2O7/c1-19(2)18(21)14(20)13-16(23)12-10(15(22)17(13)28-19)5-9(26-7-24-3)6-11(12)27-8-25-4/h5-6,14,18H,7-8H2,1-4H3/t14-,18+/m1/s1. The molecule has 2 aliphatic rings. The fourth-order valence-corrected chi connectivity index (χ4v) is 3.77. The molecule has 0 amide bonds. The number of ketones is 2. The molecule has 2 atom stereocenters. The molecule has 0 saturated carbocycles. The predicted octanol–water partition coefficient (Wildman–Crippen LogP) is 3.31. The summed E-state index contributed by atoms with van der Waals surface area (Å²) >= 11 is 12.8. The molecule has 1 aromatic rings. The summed E-state index contributed by atoms with van der Waals surface area (Å²) in [7, 11) is 2.91. The average Bonchev–Trinajstić information content (AvgIpc) is 2.66. The Hall–Kier alpha value is -1.80. The van der Waals surface area contributed by atoms with Crippen LogP contribution in [0.3, 0.4) is 0 Å². The van der Waals surface area contributed by atoms with E-state index in [9.17, 15) is 9.59 Å². The zero-order chi connectivity index (χ0) is 20.6. The number of carbonyl (C=O) groups is 2. The molecule has 28 heavy (non-hydrogen) atoms. The van der Waals surface area contributed by atoms with Gasteiger partial charge in [-0.1, -0.05) is 0 Å². The third kappa shape index (κ3) is 3.48. The van der Waals surface area contributed by atoms with E-state index in [-0.39, 0.29) is 41.8 Å². The van der Waals surface area contributed by atoms with Crippen LogP contribution in [0.2, 0.25) is 0 Å². The largest absolute Gasteiger partial charge is 0.482 e. The first-order valence-electron chi connectivity index (χ1n) is 8.45. The van der Waals surface area contributed by atoms with Crippen LogP contribution in [0.15, 0.2) is 23.5 Å². The van der Waals surface area contributed by atoms with Crippen LogP contribution in [0.5, 0.6) is 11.5 Å². The van der Waals surface area contributed by atoms with Gasteiger partial charge in [0.15, 0.2) is 25.1 Å². The Bertz CT molecular complexity index is 847. The number of hydrogen-bond donors (Lipinski definition) is 0. The van der Waals surface area contributed by atoms with Gasteiger partial charge in [-0.25, -0.2) is 0 Å². The van der Waals surface area contributed by atoms with Crippen molar-refractivity contribution in [2.45, 2.75) is 30.2 Å². The van der Waals surface area contributed by atoms with Crippen molar-refractivity contribution in [3.8, 4) is 11.5 Å². The summed E-state index contributed by atoms with van der Waals surface area (Å²) < 4.78 is 26.6. The molecular formula is C19H20Cl2O7. The van der Waals surface area contributed by atoms with E-state index in [2.05, 4.69) is 0 Å². The average molecular weight is 431 g/mol. The van der Waals surface area contributed by atoms with Crippen molar-refractivity contribution < 1.29 is 33.3 Å². The number of benzene rings is 1. The van der Waals surface area contributed by atoms with Gasteiger partial charge in [-0.3, -0.25) is 9.59 Å². The van der Waals surface area contributed by atoms with Gasteiger partial charge in [-0.05, 0) is 19.9 Å². The minimum absolute atomic E-state index is 0.0336. The highest BCUT2D eigenvalue weighted by Crippen LogP contribution is 2.45. The van der Waals surface area contributed by atoms with Gasteiger partial charge in [0.1, 0.15) is 17.1 Å². The monoisotopic (exact) mass is 430 g/mol.